The molecule has 3 aromatic carbocycles. The van der Waals surface area contributed by atoms with Crippen molar-refractivity contribution in [3.05, 3.63) is 94.8 Å². The molecule has 0 aliphatic carbocycles. The summed E-state index contributed by atoms with van der Waals surface area (Å²) in [5.41, 5.74) is 2.76. The third-order valence-electron chi connectivity index (χ3n) is 4.77. The van der Waals surface area contributed by atoms with Crippen molar-refractivity contribution in [3.63, 3.8) is 0 Å². The van der Waals surface area contributed by atoms with Crippen LogP contribution in [-0.4, -0.2) is 22.8 Å². The quantitative estimate of drug-likeness (QED) is 0.665. The predicted octanol–water partition coefficient (Wildman–Crippen LogP) is 5.10. The number of benzene rings is 3. The molecule has 0 saturated heterocycles. The van der Waals surface area contributed by atoms with E-state index in [9.17, 15) is 19.4 Å². The van der Waals surface area contributed by atoms with E-state index < -0.39 is 11.8 Å². The number of hydrogen-bond donors (Lipinski definition) is 2. The van der Waals surface area contributed by atoms with Crippen LogP contribution in [0.25, 0.3) is 16.9 Å². The molecule has 0 fully saturated rings. The summed E-state index contributed by atoms with van der Waals surface area (Å²) in [5, 5.41) is 20.0. The first-order valence-corrected chi connectivity index (χ1v) is 8.79. The van der Waals surface area contributed by atoms with Crippen LogP contribution < -0.4 is 4.74 Å². The van der Waals surface area contributed by atoms with E-state index in [4.69, 9.17) is 4.74 Å². The van der Waals surface area contributed by atoms with Crippen LogP contribution in [0.4, 0.5) is 4.39 Å². The van der Waals surface area contributed by atoms with E-state index in [0.717, 1.165) is 17.2 Å². The molecule has 1 aliphatic heterocycles. The second-order valence-corrected chi connectivity index (χ2v) is 6.58. The summed E-state index contributed by atoms with van der Waals surface area (Å²) in [7, 11) is 0. The minimum absolute atomic E-state index is 0.161. The van der Waals surface area contributed by atoms with Gasteiger partial charge in [0.1, 0.15) is 29.5 Å². The van der Waals surface area contributed by atoms with Crippen molar-refractivity contribution in [1.29, 1.82) is 0 Å². The standard InChI is InChI=1S/C23H17FO4/c24-19-8-4-7-17(21(19)23(26)27)15-9-10-18-20(12-15)28-13-16(22(18)25)11-14-5-2-1-3-6-14/h1-10,12,25H,11,13H2,(H,26,27). The van der Waals surface area contributed by atoms with Crippen molar-refractivity contribution in [2.75, 3.05) is 6.61 Å². The van der Waals surface area contributed by atoms with E-state index in [-0.39, 0.29) is 23.5 Å². The Morgan fingerprint density at radius 3 is 2.54 bits per heavy atom. The normalized spacial score (nSPS) is 13.0. The number of ether oxygens (including phenoxy) is 1. The van der Waals surface area contributed by atoms with Gasteiger partial charge in [0.25, 0.3) is 0 Å². The number of rotatable bonds is 4. The molecule has 4 nitrogen and oxygen atoms in total. The first kappa shape index (κ1) is 17.8. The summed E-state index contributed by atoms with van der Waals surface area (Å²) in [6, 6.07) is 18.9. The Kier molecular flexibility index (Phi) is 4.57. The molecule has 0 atom stereocenters. The van der Waals surface area contributed by atoms with Crippen molar-refractivity contribution < 1.29 is 24.1 Å². The maximum absolute atomic E-state index is 14.0. The maximum atomic E-state index is 14.0. The fourth-order valence-corrected chi connectivity index (χ4v) is 3.39. The number of fused-ring (bicyclic) bond motifs is 1. The van der Waals surface area contributed by atoms with E-state index in [0.29, 0.717) is 23.3 Å². The Bertz CT molecular complexity index is 1090. The molecule has 0 bridgehead atoms. The Hall–Kier alpha value is -3.60. The third kappa shape index (κ3) is 3.22. The number of carboxylic acid groups (broad SMARTS) is 1. The highest BCUT2D eigenvalue weighted by Gasteiger charge is 2.22. The first-order valence-electron chi connectivity index (χ1n) is 8.79. The van der Waals surface area contributed by atoms with Crippen LogP contribution in [0.3, 0.4) is 0 Å². The molecule has 3 aromatic rings. The van der Waals surface area contributed by atoms with Crippen molar-refractivity contribution in [1.82, 2.24) is 0 Å². The lowest BCUT2D eigenvalue weighted by Crippen LogP contribution is -2.13. The zero-order valence-corrected chi connectivity index (χ0v) is 14.9. The number of hydrogen-bond acceptors (Lipinski definition) is 3. The number of aromatic carboxylic acids is 1. The van der Waals surface area contributed by atoms with Crippen molar-refractivity contribution in [3.8, 4) is 16.9 Å². The molecule has 0 amide bonds. The summed E-state index contributed by atoms with van der Waals surface area (Å²) in [4.78, 5) is 11.5. The van der Waals surface area contributed by atoms with Crippen molar-refractivity contribution >= 4 is 11.7 Å². The van der Waals surface area contributed by atoms with Gasteiger partial charge in [-0.1, -0.05) is 48.5 Å². The summed E-state index contributed by atoms with van der Waals surface area (Å²) in [6.07, 6.45) is 0.570. The van der Waals surface area contributed by atoms with E-state index >= 15 is 0 Å². The second-order valence-electron chi connectivity index (χ2n) is 6.58. The molecule has 5 heteroatoms. The molecule has 1 aliphatic rings. The van der Waals surface area contributed by atoms with Crippen molar-refractivity contribution in [2.45, 2.75) is 6.42 Å². The fourth-order valence-electron chi connectivity index (χ4n) is 3.39. The average molecular weight is 376 g/mol. The van der Waals surface area contributed by atoms with Gasteiger partial charge in [-0.25, -0.2) is 9.18 Å². The maximum Gasteiger partial charge on any atom is 0.339 e. The van der Waals surface area contributed by atoms with Crippen LogP contribution >= 0.6 is 0 Å². The highest BCUT2D eigenvalue weighted by Crippen LogP contribution is 2.37. The lowest BCUT2D eigenvalue weighted by atomic mass is 9.94. The van der Waals surface area contributed by atoms with Crippen LogP contribution in [0, 0.1) is 5.82 Å². The Labute approximate surface area is 161 Å². The Morgan fingerprint density at radius 1 is 1.00 bits per heavy atom. The van der Waals surface area contributed by atoms with Crippen LogP contribution in [-0.2, 0) is 6.42 Å². The fraction of sp³-hybridized carbons (Fsp3) is 0.0870. The highest BCUT2D eigenvalue weighted by atomic mass is 19.1. The van der Waals surface area contributed by atoms with Gasteiger partial charge in [-0.05, 0) is 34.9 Å². The van der Waals surface area contributed by atoms with E-state index in [1.165, 1.54) is 6.07 Å². The lowest BCUT2D eigenvalue weighted by Gasteiger charge is -2.22. The number of carbonyl (C=O) groups is 1. The minimum Gasteiger partial charge on any atom is -0.507 e. The van der Waals surface area contributed by atoms with Crippen LogP contribution in [0.5, 0.6) is 5.75 Å². The molecule has 1 heterocycles. The molecule has 4 rings (SSSR count). The summed E-state index contributed by atoms with van der Waals surface area (Å²) < 4.78 is 19.8. The van der Waals surface area contributed by atoms with Gasteiger partial charge >= 0.3 is 5.97 Å². The highest BCUT2D eigenvalue weighted by molar-refractivity contribution is 5.96. The molecule has 2 N–H and O–H groups in total. The summed E-state index contributed by atoms with van der Waals surface area (Å²) in [6.45, 7) is 0.228. The van der Waals surface area contributed by atoms with Crippen LogP contribution in [0.2, 0.25) is 0 Å². The number of aliphatic hydroxyl groups excluding tert-OH is 1. The average Bonchev–Trinajstić information content (AvgIpc) is 2.70. The van der Waals surface area contributed by atoms with Gasteiger partial charge in [-0.3, -0.25) is 0 Å². The van der Waals surface area contributed by atoms with E-state index in [2.05, 4.69) is 0 Å². The Morgan fingerprint density at radius 2 is 1.79 bits per heavy atom. The van der Waals surface area contributed by atoms with Gasteiger partial charge in [-0.2, -0.15) is 0 Å². The smallest absolute Gasteiger partial charge is 0.339 e. The molecular weight excluding hydrogens is 359 g/mol. The zero-order chi connectivity index (χ0) is 19.7. The van der Waals surface area contributed by atoms with Gasteiger partial charge in [-0.15, -0.1) is 0 Å². The van der Waals surface area contributed by atoms with Crippen molar-refractivity contribution in [2.24, 2.45) is 0 Å². The van der Waals surface area contributed by atoms with Crippen LogP contribution in [0.1, 0.15) is 21.5 Å². The molecule has 140 valence electrons. The van der Waals surface area contributed by atoms with E-state index in [1.807, 2.05) is 30.3 Å². The molecule has 0 unspecified atom stereocenters. The zero-order valence-electron chi connectivity index (χ0n) is 14.9. The SMILES string of the molecule is O=C(O)c1c(F)cccc1-c1ccc2c(c1)OCC(Cc1ccccc1)=C2O. The molecule has 0 spiro atoms. The molecule has 0 saturated carbocycles. The van der Waals surface area contributed by atoms with Gasteiger partial charge in [0.2, 0.25) is 0 Å². The summed E-state index contributed by atoms with van der Waals surface area (Å²) >= 11 is 0. The van der Waals surface area contributed by atoms with Crippen LogP contribution in [0.15, 0.2) is 72.3 Å². The van der Waals surface area contributed by atoms with Gasteiger partial charge < -0.3 is 14.9 Å². The van der Waals surface area contributed by atoms with E-state index in [1.54, 1.807) is 24.3 Å². The first-order chi connectivity index (χ1) is 13.5. The van der Waals surface area contributed by atoms with Gasteiger partial charge in [0.15, 0.2) is 0 Å². The monoisotopic (exact) mass is 376 g/mol. The number of aliphatic hydroxyl groups is 1. The van der Waals surface area contributed by atoms with Gasteiger partial charge in [0, 0.05) is 12.0 Å². The lowest BCUT2D eigenvalue weighted by molar-refractivity contribution is 0.0693. The predicted molar refractivity (Wildman–Crippen MR) is 104 cm³/mol. The number of carboxylic acids is 1. The Balaban J connectivity index is 1.72. The largest absolute Gasteiger partial charge is 0.507 e. The number of halogens is 1. The molecule has 0 radical (unpaired) electrons. The molecule has 28 heavy (non-hydrogen) atoms. The van der Waals surface area contributed by atoms with Gasteiger partial charge in [0.05, 0.1) is 5.56 Å². The molecular formula is C23H17FO4. The molecule has 0 aromatic heterocycles. The topological polar surface area (TPSA) is 66.8 Å². The minimum atomic E-state index is -1.33. The second kappa shape index (κ2) is 7.19. The summed E-state index contributed by atoms with van der Waals surface area (Å²) in [5.74, 6) is -1.53. The third-order valence-corrected chi connectivity index (χ3v) is 4.77.